The molecule has 12 rings (SSSR count). The lowest BCUT2D eigenvalue weighted by atomic mass is 9.87. The van der Waals surface area contributed by atoms with Crippen molar-refractivity contribution in [1.82, 2.24) is 0 Å². The van der Waals surface area contributed by atoms with Gasteiger partial charge in [0.05, 0.1) is 5.69 Å². The number of benzene rings is 11. The van der Waals surface area contributed by atoms with Gasteiger partial charge in [0.25, 0.3) is 0 Å². The van der Waals surface area contributed by atoms with Gasteiger partial charge in [0, 0.05) is 33.3 Å². The van der Waals surface area contributed by atoms with Crippen LogP contribution in [-0.2, 0) is 0 Å². The second-order valence-corrected chi connectivity index (χ2v) is 16.8. The van der Waals surface area contributed by atoms with Crippen LogP contribution in [0.25, 0.3) is 99.5 Å². The lowest BCUT2D eigenvalue weighted by Gasteiger charge is -2.29. The molecule has 0 saturated carbocycles. The van der Waals surface area contributed by atoms with E-state index in [0.717, 1.165) is 66.8 Å². The quantitative estimate of drug-likeness (QED) is 0.144. The fraction of sp³-hybridized carbons (Fsp3) is 0. The predicted molar refractivity (Wildman–Crippen MR) is 279 cm³/mol. The van der Waals surface area contributed by atoms with Crippen molar-refractivity contribution >= 4 is 49.8 Å². The van der Waals surface area contributed by atoms with Crippen LogP contribution < -0.4 is 4.90 Å². The predicted octanol–water partition coefficient (Wildman–Crippen LogP) is 18.2. The van der Waals surface area contributed by atoms with Gasteiger partial charge in [0.1, 0.15) is 11.2 Å². The summed E-state index contributed by atoms with van der Waals surface area (Å²) in [4.78, 5) is 2.42. The zero-order valence-corrected chi connectivity index (χ0v) is 36.2. The van der Waals surface area contributed by atoms with Gasteiger partial charge in [-0.1, -0.05) is 212 Å². The highest BCUT2D eigenvalue weighted by atomic mass is 16.3. The molecule has 0 N–H and O–H groups in total. The van der Waals surface area contributed by atoms with Gasteiger partial charge < -0.3 is 9.32 Å². The summed E-state index contributed by atoms with van der Waals surface area (Å²) in [6.07, 6.45) is 0. The fourth-order valence-corrected chi connectivity index (χ4v) is 9.68. The molecule has 2 heteroatoms. The van der Waals surface area contributed by atoms with Crippen LogP contribution in [0, 0.1) is 0 Å². The van der Waals surface area contributed by atoms with Crippen LogP contribution >= 0.6 is 0 Å². The van der Waals surface area contributed by atoms with Crippen molar-refractivity contribution in [2.45, 2.75) is 0 Å². The Hall–Kier alpha value is -8.72. The second kappa shape index (κ2) is 16.8. The summed E-state index contributed by atoms with van der Waals surface area (Å²) in [7, 11) is 0. The Bertz CT molecular complexity index is 3700. The van der Waals surface area contributed by atoms with Crippen LogP contribution in [0.3, 0.4) is 0 Å². The number of furan rings is 1. The van der Waals surface area contributed by atoms with Gasteiger partial charge in [-0.3, -0.25) is 0 Å². The van der Waals surface area contributed by atoms with Crippen molar-refractivity contribution in [3.63, 3.8) is 0 Å². The van der Waals surface area contributed by atoms with Crippen molar-refractivity contribution in [1.29, 1.82) is 0 Å². The normalized spacial score (nSPS) is 11.3. The first-order valence-electron chi connectivity index (χ1n) is 22.6. The fourth-order valence-electron chi connectivity index (χ4n) is 9.68. The minimum absolute atomic E-state index is 0.897. The first-order chi connectivity index (χ1) is 32.7. The van der Waals surface area contributed by atoms with Gasteiger partial charge in [-0.05, 0) is 115 Å². The van der Waals surface area contributed by atoms with Crippen LogP contribution in [0.5, 0.6) is 0 Å². The smallest absolute Gasteiger partial charge is 0.143 e. The number of nitrogens with zero attached hydrogens (tertiary/aromatic N) is 1. The summed E-state index contributed by atoms with van der Waals surface area (Å²) in [5.74, 6) is 0. The molecule has 66 heavy (non-hydrogen) atoms. The first-order valence-corrected chi connectivity index (χ1v) is 22.6. The molecular formula is C64H43NO. The lowest BCUT2D eigenvalue weighted by Crippen LogP contribution is -2.11. The number of anilines is 3. The standard InChI is InChI=1S/C64H43NO/c1-3-17-44(18-4-1)51-37-40-57(61(43-51)46-20-5-2-6-21-46)55-25-9-10-26-56(55)58-27-11-13-31-62(58)65(53-24-15-23-49(42-53)50-34-33-45-19-7-8-22-48(45)41-50)52-38-35-47(36-39-52)54-29-16-30-60-59-28-12-14-32-63(59)66-64(54)60/h1-43H. The van der Waals surface area contributed by atoms with Crippen LogP contribution in [0.2, 0.25) is 0 Å². The summed E-state index contributed by atoms with van der Waals surface area (Å²) in [6.45, 7) is 0. The SMILES string of the molecule is c1ccc(-c2ccc(-c3ccccc3-c3ccccc3N(c3ccc(-c4cccc5c4oc4ccccc45)cc3)c3cccc(-c4ccc5ccccc5c4)c3)c(-c3ccccc3)c2)cc1. The first kappa shape index (κ1) is 38.9. The molecule has 1 aromatic heterocycles. The summed E-state index contributed by atoms with van der Waals surface area (Å²) in [5.41, 5.74) is 18.9. The van der Waals surface area contributed by atoms with Crippen LogP contribution in [0.1, 0.15) is 0 Å². The van der Waals surface area contributed by atoms with E-state index >= 15 is 0 Å². The van der Waals surface area contributed by atoms with E-state index in [4.69, 9.17) is 4.42 Å². The Kier molecular flexibility index (Phi) is 9.89. The highest BCUT2D eigenvalue weighted by Gasteiger charge is 2.22. The largest absolute Gasteiger partial charge is 0.455 e. The van der Waals surface area contributed by atoms with Gasteiger partial charge in [-0.2, -0.15) is 0 Å². The molecule has 0 spiro atoms. The molecule has 2 nitrogen and oxygen atoms in total. The van der Waals surface area contributed by atoms with E-state index in [9.17, 15) is 0 Å². The topological polar surface area (TPSA) is 16.4 Å². The highest BCUT2D eigenvalue weighted by molar-refractivity contribution is 6.09. The number of para-hydroxylation sites is 3. The molecule has 12 aromatic rings. The zero-order chi connectivity index (χ0) is 43.8. The maximum Gasteiger partial charge on any atom is 0.143 e. The summed E-state index contributed by atoms with van der Waals surface area (Å²) in [6, 6.07) is 94.0. The molecule has 0 radical (unpaired) electrons. The number of rotatable bonds is 9. The molecule has 0 unspecified atom stereocenters. The second-order valence-electron chi connectivity index (χ2n) is 16.8. The average Bonchev–Trinajstić information content (AvgIpc) is 3.79. The Morgan fingerprint density at radius 2 is 0.788 bits per heavy atom. The van der Waals surface area contributed by atoms with Crippen molar-refractivity contribution < 1.29 is 4.42 Å². The van der Waals surface area contributed by atoms with Crippen molar-refractivity contribution in [2.75, 3.05) is 4.90 Å². The molecule has 0 aliphatic carbocycles. The van der Waals surface area contributed by atoms with E-state index in [0.29, 0.717) is 0 Å². The number of hydrogen-bond donors (Lipinski definition) is 0. The molecule has 0 amide bonds. The lowest BCUT2D eigenvalue weighted by molar-refractivity contribution is 0.670. The summed E-state index contributed by atoms with van der Waals surface area (Å²) in [5, 5.41) is 4.71. The van der Waals surface area contributed by atoms with Gasteiger partial charge in [-0.25, -0.2) is 0 Å². The minimum atomic E-state index is 0.897. The molecule has 11 aromatic carbocycles. The third-order valence-corrected chi connectivity index (χ3v) is 12.9. The van der Waals surface area contributed by atoms with E-state index in [1.54, 1.807) is 0 Å². The van der Waals surface area contributed by atoms with Crippen LogP contribution in [0.4, 0.5) is 17.1 Å². The van der Waals surface area contributed by atoms with Crippen molar-refractivity contribution in [2.24, 2.45) is 0 Å². The summed E-state index contributed by atoms with van der Waals surface area (Å²) >= 11 is 0. The molecule has 0 atom stereocenters. The van der Waals surface area contributed by atoms with E-state index in [-0.39, 0.29) is 0 Å². The van der Waals surface area contributed by atoms with Crippen molar-refractivity contribution in [3.8, 4) is 66.8 Å². The Morgan fingerprint density at radius 3 is 1.61 bits per heavy atom. The van der Waals surface area contributed by atoms with E-state index in [1.165, 1.54) is 49.7 Å². The third kappa shape index (κ3) is 7.12. The summed E-state index contributed by atoms with van der Waals surface area (Å²) < 4.78 is 6.50. The molecule has 0 aliphatic heterocycles. The average molecular weight is 842 g/mol. The Balaban J connectivity index is 1.03. The van der Waals surface area contributed by atoms with Crippen LogP contribution in [0.15, 0.2) is 265 Å². The number of fused-ring (bicyclic) bond motifs is 4. The molecule has 1 heterocycles. The van der Waals surface area contributed by atoms with E-state index in [1.807, 2.05) is 12.1 Å². The van der Waals surface area contributed by atoms with E-state index < -0.39 is 0 Å². The molecule has 0 aliphatic rings. The third-order valence-electron chi connectivity index (χ3n) is 12.9. The van der Waals surface area contributed by atoms with Crippen molar-refractivity contribution in [3.05, 3.63) is 261 Å². The van der Waals surface area contributed by atoms with Gasteiger partial charge in [-0.15, -0.1) is 0 Å². The van der Waals surface area contributed by atoms with Gasteiger partial charge in [0.15, 0.2) is 0 Å². The maximum atomic E-state index is 6.50. The van der Waals surface area contributed by atoms with Crippen LogP contribution in [-0.4, -0.2) is 0 Å². The zero-order valence-electron chi connectivity index (χ0n) is 36.2. The molecule has 0 fully saturated rings. The Labute approximate surface area is 384 Å². The van der Waals surface area contributed by atoms with Gasteiger partial charge >= 0.3 is 0 Å². The van der Waals surface area contributed by atoms with E-state index in [2.05, 4.69) is 254 Å². The molecule has 0 bridgehead atoms. The minimum Gasteiger partial charge on any atom is -0.455 e. The monoisotopic (exact) mass is 841 g/mol. The number of hydrogen-bond acceptors (Lipinski definition) is 2. The van der Waals surface area contributed by atoms with Gasteiger partial charge in [0.2, 0.25) is 0 Å². The molecule has 310 valence electrons. The Morgan fingerprint density at radius 1 is 0.258 bits per heavy atom. The molecular weight excluding hydrogens is 799 g/mol. The highest BCUT2D eigenvalue weighted by Crippen LogP contribution is 2.47. The maximum absolute atomic E-state index is 6.50. The molecule has 0 saturated heterocycles.